The van der Waals surface area contributed by atoms with Crippen molar-refractivity contribution >= 4 is 37.0 Å². The van der Waals surface area contributed by atoms with Crippen LogP contribution in [-0.2, 0) is 42.7 Å². The Balaban J connectivity index is 0.00000177. The van der Waals surface area contributed by atoms with Crippen LogP contribution in [0.4, 0.5) is 18.2 Å². The summed E-state index contributed by atoms with van der Waals surface area (Å²) in [6.45, 7) is 3.92. The average Bonchev–Trinajstić information content (AvgIpc) is 3.04. The van der Waals surface area contributed by atoms with E-state index in [0.717, 1.165) is 11.3 Å². The number of sulfonamides is 1. The summed E-state index contributed by atoms with van der Waals surface area (Å²) in [6, 6.07) is 6.24. The molecule has 0 aliphatic carbocycles. The van der Waals surface area contributed by atoms with Crippen LogP contribution in [0.3, 0.4) is 0 Å². The van der Waals surface area contributed by atoms with Crippen LogP contribution < -0.4 is 4.31 Å². The summed E-state index contributed by atoms with van der Waals surface area (Å²) in [4.78, 5) is 3.26. The molecule has 2 aromatic rings. The summed E-state index contributed by atoms with van der Waals surface area (Å²) >= 11 is 0.723. The van der Waals surface area contributed by atoms with Gasteiger partial charge in [-0.25, -0.2) is 17.7 Å². The first kappa shape index (κ1) is 27.0. The zero-order chi connectivity index (χ0) is 19.7. The molecule has 1 aromatic carbocycles. The largest absolute Gasteiger partial charge is 0.504 e. The van der Waals surface area contributed by atoms with Crippen LogP contribution in [-0.4, -0.2) is 31.2 Å². The third kappa shape index (κ3) is 5.14. The summed E-state index contributed by atoms with van der Waals surface area (Å²) < 4.78 is 64.5. The molecule has 153 valence electrons. The molecule has 3 rings (SSSR count). The van der Waals surface area contributed by atoms with E-state index in [1.165, 1.54) is 11.6 Å². The molecule has 0 atom stereocenters. The molecule has 0 fully saturated rings. The van der Waals surface area contributed by atoms with Gasteiger partial charge in [0.1, 0.15) is 22.1 Å². The van der Waals surface area contributed by atoms with Crippen LogP contribution in [0.15, 0.2) is 29.8 Å². The number of hydrogen-bond acceptors (Lipinski definition) is 5. The van der Waals surface area contributed by atoms with Crippen molar-refractivity contribution < 1.29 is 59.4 Å². The third-order valence-corrected chi connectivity index (χ3v) is 6.26. The Labute approximate surface area is 192 Å². The van der Waals surface area contributed by atoms with E-state index >= 15 is 0 Å². The number of alkyl halides is 3. The minimum Gasteiger partial charge on any atom is -0.504 e. The van der Waals surface area contributed by atoms with Crippen molar-refractivity contribution in [2.45, 2.75) is 26.9 Å². The van der Waals surface area contributed by atoms with Gasteiger partial charge in [-0.1, -0.05) is 38.1 Å². The normalized spacial score (nSPS) is 14.9. The van der Waals surface area contributed by atoms with Crippen LogP contribution >= 0.6 is 11.3 Å². The van der Waals surface area contributed by atoms with Crippen LogP contribution in [0.5, 0.6) is 0 Å². The van der Waals surface area contributed by atoms with Gasteiger partial charge in [0.25, 0.3) is 10.0 Å². The molecule has 0 bridgehead atoms. The van der Waals surface area contributed by atoms with Crippen molar-refractivity contribution in [3.05, 3.63) is 54.0 Å². The van der Waals surface area contributed by atoms with E-state index in [1.54, 1.807) is 25.1 Å². The fourth-order valence-corrected chi connectivity index (χ4v) is 5.26. The van der Waals surface area contributed by atoms with Crippen molar-refractivity contribution in [3.63, 3.8) is 0 Å². The van der Waals surface area contributed by atoms with E-state index in [1.807, 2.05) is 13.8 Å². The van der Waals surface area contributed by atoms with E-state index in [9.17, 15) is 26.7 Å². The molecule has 5 nitrogen and oxygen atoms in total. The van der Waals surface area contributed by atoms with Gasteiger partial charge in [0.15, 0.2) is 5.76 Å². The molecule has 1 N–H and O–H groups in total. The maximum atomic E-state index is 12.9. The van der Waals surface area contributed by atoms with E-state index in [0.29, 0.717) is 5.56 Å². The number of anilines is 1. The number of aliphatic hydroxyl groups is 1. The molecule has 0 amide bonds. The third-order valence-electron chi connectivity index (χ3n) is 3.48. The molecule has 11 heteroatoms. The number of thiazole rings is 1. The zero-order valence-electron chi connectivity index (χ0n) is 15.8. The van der Waals surface area contributed by atoms with Gasteiger partial charge in [0, 0.05) is 38.3 Å². The minimum atomic E-state index is -4.74. The Kier molecular flexibility index (Phi) is 9.83. The summed E-state index contributed by atoms with van der Waals surface area (Å²) in [5.41, 5.74) is 1.67. The second-order valence-electron chi connectivity index (χ2n) is 5.13. The molecule has 1 aliphatic rings. The molecule has 28 heavy (non-hydrogen) atoms. The quantitative estimate of drug-likeness (QED) is 0.576. The summed E-state index contributed by atoms with van der Waals surface area (Å²) in [6.07, 6.45) is -4.74. The molecular weight excluding hydrogens is 490 g/mol. The monoisotopic (exact) mass is 510 g/mol. The SMILES string of the molecule is CC.Cc1ccccc1C1=C(O)c2ncsc2N(CC(F)(F)F)S1(=O)=O.[CH3-].[Y]. The molecule has 1 radical (unpaired) electrons. The first-order valence-electron chi connectivity index (χ1n) is 7.65. The van der Waals surface area contributed by atoms with E-state index in [4.69, 9.17) is 0 Å². The number of halogens is 3. The van der Waals surface area contributed by atoms with Crippen molar-refractivity contribution in [2.75, 3.05) is 10.8 Å². The smallest absolute Gasteiger partial charge is 0.407 e. The molecule has 0 saturated carbocycles. The topological polar surface area (TPSA) is 70.5 Å². The maximum Gasteiger partial charge on any atom is 0.407 e. The van der Waals surface area contributed by atoms with Gasteiger partial charge in [-0.2, -0.15) is 13.2 Å². The fraction of sp³-hybridized carbons (Fsp3) is 0.294. The zero-order valence-corrected chi connectivity index (χ0v) is 20.3. The predicted molar refractivity (Wildman–Crippen MR) is 103 cm³/mol. The molecule has 0 unspecified atom stereocenters. The molecule has 0 saturated heterocycles. The Bertz CT molecular complexity index is 941. The second kappa shape index (κ2) is 10.2. The van der Waals surface area contributed by atoms with Gasteiger partial charge in [0.05, 0.1) is 5.51 Å². The standard InChI is InChI=1S/C14H11F3N2O3S2.C2H6.CH3.Y/c1-8-4-2-3-5-9(8)12-11(20)10-13(23-7-18-10)19(24(12,21)22)6-14(15,16)17;1-2;;/h2-5,7,20H,6H2,1H3;1-2H3;1H3;/q;;-1;. The molecule has 1 aliphatic heterocycles. The number of benzene rings is 1. The van der Waals surface area contributed by atoms with Gasteiger partial charge in [0.2, 0.25) is 0 Å². The van der Waals surface area contributed by atoms with E-state index in [2.05, 4.69) is 4.98 Å². The second-order valence-corrected chi connectivity index (χ2v) is 7.76. The Hall–Kier alpha value is -0.966. The average molecular weight is 510 g/mol. The van der Waals surface area contributed by atoms with Crippen LogP contribution in [0.1, 0.15) is 30.7 Å². The minimum absolute atomic E-state index is 0. The number of fused-ring (bicyclic) bond motifs is 1. The Morgan fingerprint density at radius 1 is 1.21 bits per heavy atom. The summed E-state index contributed by atoms with van der Waals surface area (Å²) in [5, 5.41) is 10.1. The molecule has 0 spiro atoms. The molecule has 1 aromatic heterocycles. The van der Waals surface area contributed by atoms with Gasteiger partial charge in [-0.05, 0) is 12.5 Å². The van der Waals surface area contributed by atoms with Gasteiger partial charge >= 0.3 is 6.18 Å². The first-order chi connectivity index (χ1) is 12.1. The van der Waals surface area contributed by atoms with Gasteiger partial charge < -0.3 is 12.5 Å². The van der Waals surface area contributed by atoms with Gasteiger partial charge in [-0.15, -0.1) is 11.3 Å². The number of aliphatic hydroxyl groups excluding tert-OH is 1. The van der Waals surface area contributed by atoms with Crippen LogP contribution in [0.25, 0.3) is 10.7 Å². The first-order valence-corrected chi connectivity index (χ1v) is 9.97. The van der Waals surface area contributed by atoms with Crippen LogP contribution in [0, 0.1) is 14.4 Å². The number of aryl methyl sites for hydroxylation is 1. The van der Waals surface area contributed by atoms with Crippen molar-refractivity contribution in [2.24, 2.45) is 0 Å². The summed E-state index contributed by atoms with van der Waals surface area (Å²) in [7, 11) is -4.59. The van der Waals surface area contributed by atoms with Gasteiger partial charge in [-0.3, -0.25) is 0 Å². The molecule has 2 heterocycles. The maximum absolute atomic E-state index is 12.9. The van der Waals surface area contributed by atoms with E-state index < -0.39 is 33.4 Å². The number of aromatic nitrogens is 1. The Morgan fingerprint density at radius 2 is 1.79 bits per heavy atom. The summed E-state index contributed by atoms with van der Waals surface area (Å²) in [5.74, 6) is -0.640. The number of rotatable bonds is 2. The Morgan fingerprint density at radius 3 is 2.32 bits per heavy atom. The number of nitrogens with zero attached hydrogens (tertiary/aromatic N) is 2. The number of hydrogen-bond donors (Lipinski definition) is 1. The predicted octanol–water partition coefficient (Wildman–Crippen LogP) is 5.02. The van der Waals surface area contributed by atoms with Crippen molar-refractivity contribution in [1.29, 1.82) is 0 Å². The van der Waals surface area contributed by atoms with Crippen molar-refractivity contribution in [1.82, 2.24) is 4.98 Å². The molecular formula is C17H20F3N2O3S2Y-. The van der Waals surface area contributed by atoms with E-state index in [-0.39, 0.29) is 60.7 Å². The van der Waals surface area contributed by atoms with Crippen molar-refractivity contribution in [3.8, 4) is 0 Å². The van der Waals surface area contributed by atoms with Crippen LogP contribution in [0.2, 0.25) is 0 Å². The fourth-order valence-electron chi connectivity index (χ4n) is 2.44.